The molecule has 7 heteroatoms. The number of hydrogen-bond acceptors (Lipinski definition) is 4. The molecule has 164 valence electrons. The van der Waals surface area contributed by atoms with Crippen molar-refractivity contribution in [3.8, 4) is 0 Å². The monoisotopic (exact) mass is 448 g/mol. The van der Waals surface area contributed by atoms with E-state index in [1.165, 1.54) is 15.4 Å². The summed E-state index contributed by atoms with van der Waals surface area (Å²) in [6.07, 6.45) is 1.55. The van der Waals surface area contributed by atoms with Gasteiger partial charge in [0.1, 0.15) is 6.04 Å². The van der Waals surface area contributed by atoms with Gasteiger partial charge < -0.3 is 5.32 Å². The molecule has 2 rings (SSSR count). The van der Waals surface area contributed by atoms with E-state index >= 15 is 0 Å². The molecule has 0 saturated heterocycles. The van der Waals surface area contributed by atoms with Crippen molar-refractivity contribution in [1.29, 1.82) is 0 Å². The lowest BCUT2D eigenvalue weighted by Gasteiger charge is -2.31. The lowest BCUT2D eigenvalue weighted by Crippen LogP contribution is -2.50. The molecular weight excluding hydrogens is 416 g/mol. The van der Waals surface area contributed by atoms with E-state index < -0.39 is 16.1 Å². The van der Waals surface area contributed by atoms with Crippen LogP contribution in [0.1, 0.15) is 35.6 Å². The Bertz CT molecular complexity index is 957. The summed E-state index contributed by atoms with van der Waals surface area (Å²) in [4.78, 5) is 12.9. The van der Waals surface area contributed by atoms with Crippen molar-refractivity contribution in [2.24, 2.45) is 0 Å². The quantitative estimate of drug-likeness (QED) is 0.553. The first kappa shape index (κ1) is 24.3. The molecule has 0 fully saturated rings. The lowest BCUT2D eigenvalue weighted by atomic mass is 10.1. The first-order valence-corrected chi connectivity index (χ1v) is 13.1. The van der Waals surface area contributed by atoms with Crippen LogP contribution in [0.4, 0.5) is 5.69 Å². The van der Waals surface area contributed by atoms with Gasteiger partial charge in [-0.1, -0.05) is 48.9 Å². The third-order valence-corrected chi connectivity index (χ3v) is 7.06. The molecule has 2 aromatic rings. The van der Waals surface area contributed by atoms with Gasteiger partial charge in [-0.05, 0) is 49.9 Å². The second-order valence-electron chi connectivity index (χ2n) is 7.60. The Morgan fingerprint density at radius 3 is 2.30 bits per heavy atom. The van der Waals surface area contributed by atoms with Crippen LogP contribution >= 0.6 is 11.8 Å². The normalized spacial score (nSPS) is 12.4. The standard InChI is InChI=1S/C23H32N2O3S2/c1-6-21(25(30(5,27)28)22-15-18(3)7-10-19(22)4)23(26)24-13-14-29-16-20-11-8-17(2)9-12-20/h7-12,15,21H,6,13-14,16H2,1-5H3,(H,24,26)/t21-/m0/s1. The molecule has 0 aliphatic heterocycles. The average molecular weight is 449 g/mol. The van der Waals surface area contributed by atoms with Crippen molar-refractivity contribution in [2.45, 2.75) is 45.9 Å². The van der Waals surface area contributed by atoms with Crippen molar-refractivity contribution in [2.75, 3.05) is 22.9 Å². The van der Waals surface area contributed by atoms with Gasteiger partial charge in [-0.3, -0.25) is 9.10 Å². The van der Waals surface area contributed by atoms with Crippen LogP contribution in [0.5, 0.6) is 0 Å². The van der Waals surface area contributed by atoms with E-state index in [1.54, 1.807) is 11.8 Å². The predicted octanol–water partition coefficient (Wildman–Crippen LogP) is 4.21. The molecule has 0 aliphatic rings. The third kappa shape index (κ3) is 6.77. The van der Waals surface area contributed by atoms with E-state index in [2.05, 4.69) is 36.5 Å². The summed E-state index contributed by atoms with van der Waals surface area (Å²) >= 11 is 1.74. The van der Waals surface area contributed by atoms with Gasteiger partial charge in [0.2, 0.25) is 15.9 Å². The zero-order valence-corrected chi connectivity index (χ0v) is 20.1. The van der Waals surface area contributed by atoms with Crippen LogP contribution in [0.2, 0.25) is 0 Å². The topological polar surface area (TPSA) is 66.5 Å². The van der Waals surface area contributed by atoms with Crippen molar-refractivity contribution in [1.82, 2.24) is 5.32 Å². The van der Waals surface area contributed by atoms with Crippen molar-refractivity contribution in [3.63, 3.8) is 0 Å². The Hall–Kier alpha value is -1.99. The van der Waals surface area contributed by atoms with E-state index in [0.29, 0.717) is 18.7 Å². The molecule has 0 heterocycles. The first-order valence-electron chi connectivity index (χ1n) is 10.1. The number of carbonyl (C=O) groups excluding carboxylic acids is 1. The number of nitrogens with one attached hydrogen (secondary N) is 1. The molecule has 30 heavy (non-hydrogen) atoms. The van der Waals surface area contributed by atoms with Crippen LogP contribution in [-0.4, -0.2) is 38.9 Å². The van der Waals surface area contributed by atoms with Gasteiger partial charge in [-0.15, -0.1) is 0 Å². The summed E-state index contributed by atoms with van der Waals surface area (Å²) in [5.74, 6) is 1.38. The average Bonchev–Trinajstić information content (AvgIpc) is 2.68. The molecular formula is C23H32N2O3S2. The molecule has 1 atom stereocenters. The fourth-order valence-electron chi connectivity index (χ4n) is 3.23. The minimum absolute atomic E-state index is 0.264. The van der Waals surface area contributed by atoms with Gasteiger partial charge in [-0.25, -0.2) is 8.42 Å². The zero-order chi connectivity index (χ0) is 22.3. The first-order chi connectivity index (χ1) is 14.1. The molecule has 0 bridgehead atoms. The Balaban J connectivity index is 2.01. The number of rotatable bonds is 10. The van der Waals surface area contributed by atoms with E-state index in [4.69, 9.17) is 0 Å². The Labute approximate surface area is 185 Å². The number of hydrogen-bond donors (Lipinski definition) is 1. The maximum absolute atomic E-state index is 12.9. The van der Waals surface area contributed by atoms with Crippen LogP contribution in [0, 0.1) is 20.8 Å². The van der Waals surface area contributed by atoms with Crippen LogP contribution in [0.25, 0.3) is 0 Å². The largest absolute Gasteiger partial charge is 0.353 e. The number of benzene rings is 2. The number of aryl methyl sites for hydroxylation is 3. The number of thioether (sulfide) groups is 1. The number of nitrogens with zero attached hydrogens (tertiary/aromatic N) is 1. The minimum atomic E-state index is -3.62. The lowest BCUT2D eigenvalue weighted by molar-refractivity contribution is -0.122. The van der Waals surface area contributed by atoms with Gasteiger partial charge in [0.05, 0.1) is 11.9 Å². The Morgan fingerprint density at radius 2 is 1.70 bits per heavy atom. The molecule has 0 aliphatic carbocycles. The molecule has 0 radical (unpaired) electrons. The van der Waals surface area contributed by atoms with E-state index in [-0.39, 0.29) is 5.91 Å². The molecule has 0 saturated carbocycles. The second-order valence-corrected chi connectivity index (χ2v) is 10.6. The van der Waals surface area contributed by atoms with Crippen LogP contribution < -0.4 is 9.62 Å². The molecule has 5 nitrogen and oxygen atoms in total. The van der Waals surface area contributed by atoms with Gasteiger partial charge >= 0.3 is 0 Å². The molecule has 0 unspecified atom stereocenters. The number of amides is 1. The number of carbonyl (C=O) groups is 1. The van der Waals surface area contributed by atoms with Crippen molar-refractivity contribution < 1.29 is 13.2 Å². The predicted molar refractivity (Wildman–Crippen MR) is 128 cm³/mol. The minimum Gasteiger partial charge on any atom is -0.353 e. The summed E-state index contributed by atoms with van der Waals surface area (Å²) in [6.45, 7) is 8.17. The molecule has 2 aromatic carbocycles. The number of anilines is 1. The summed E-state index contributed by atoms with van der Waals surface area (Å²) in [5.41, 5.74) is 4.83. The maximum Gasteiger partial charge on any atom is 0.243 e. The Morgan fingerprint density at radius 1 is 1.07 bits per heavy atom. The van der Waals surface area contributed by atoms with Crippen LogP contribution in [0.15, 0.2) is 42.5 Å². The van der Waals surface area contributed by atoms with Crippen molar-refractivity contribution in [3.05, 3.63) is 64.7 Å². The van der Waals surface area contributed by atoms with Crippen LogP contribution in [-0.2, 0) is 20.6 Å². The summed E-state index contributed by atoms with van der Waals surface area (Å²) < 4.78 is 26.5. The fourth-order valence-corrected chi connectivity index (χ4v) is 5.31. The maximum atomic E-state index is 12.9. The van der Waals surface area contributed by atoms with Crippen LogP contribution in [0.3, 0.4) is 0 Å². The smallest absolute Gasteiger partial charge is 0.243 e. The summed E-state index contributed by atoms with van der Waals surface area (Å²) in [7, 11) is -3.62. The van der Waals surface area contributed by atoms with E-state index in [0.717, 1.165) is 28.9 Å². The zero-order valence-electron chi connectivity index (χ0n) is 18.4. The highest BCUT2D eigenvalue weighted by molar-refractivity contribution is 7.98. The SMILES string of the molecule is CC[C@@H](C(=O)NCCSCc1ccc(C)cc1)N(c1cc(C)ccc1C)S(C)(=O)=O. The molecule has 0 spiro atoms. The third-order valence-electron chi connectivity index (χ3n) is 4.87. The summed E-state index contributed by atoms with van der Waals surface area (Å²) in [5, 5.41) is 2.92. The fraction of sp³-hybridized carbons (Fsp3) is 0.435. The van der Waals surface area contributed by atoms with Gasteiger partial charge in [0.15, 0.2) is 0 Å². The van der Waals surface area contributed by atoms with Crippen molar-refractivity contribution >= 4 is 33.4 Å². The molecule has 1 N–H and O–H groups in total. The van der Waals surface area contributed by atoms with Gasteiger partial charge in [0.25, 0.3) is 0 Å². The molecule has 1 amide bonds. The highest BCUT2D eigenvalue weighted by Gasteiger charge is 2.32. The molecule has 0 aromatic heterocycles. The highest BCUT2D eigenvalue weighted by atomic mass is 32.2. The second kappa shape index (κ2) is 10.9. The Kier molecular flexibility index (Phi) is 8.79. The van der Waals surface area contributed by atoms with E-state index in [9.17, 15) is 13.2 Å². The van der Waals surface area contributed by atoms with Gasteiger partial charge in [-0.2, -0.15) is 11.8 Å². The number of sulfonamides is 1. The highest BCUT2D eigenvalue weighted by Crippen LogP contribution is 2.27. The van der Waals surface area contributed by atoms with Gasteiger partial charge in [0, 0.05) is 18.1 Å². The van der Waals surface area contributed by atoms with E-state index in [1.807, 2.05) is 39.0 Å². The summed E-state index contributed by atoms with van der Waals surface area (Å²) in [6, 6.07) is 13.3.